The molecule has 1 aliphatic carbocycles. The van der Waals surface area contributed by atoms with Crippen LogP contribution in [0.25, 0.3) is 0 Å². The van der Waals surface area contributed by atoms with E-state index in [4.69, 9.17) is 0 Å². The van der Waals surface area contributed by atoms with Gasteiger partial charge in [-0.1, -0.05) is 32.6 Å². The van der Waals surface area contributed by atoms with E-state index in [9.17, 15) is 4.79 Å². The molecule has 2 rings (SSSR count). The highest BCUT2D eigenvalue weighted by molar-refractivity contribution is 5.78. The van der Waals surface area contributed by atoms with E-state index >= 15 is 0 Å². The summed E-state index contributed by atoms with van der Waals surface area (Å²) < 4.78 is 0. The van der Waals surface area contributed by atoms with Crippen LogP contribution in [0.5, 0.6) is 0 Å². The fourth-order valence-electron chi connectivity index (χ4n) is 3.37. The van der Waals surface area contributed by atoms with Gasteiger partial charge in [0.25, 0.3) is 0 Å². The summed E-state index contributed by atoms with van der Waals surface area (Å²) >= 11 is 0. The van der Waals surface area contributed by atoms with Crippen molar-refractivity contribution in [1.29, 1.82) is 0 Å². The van der Waals surface area contributed by atoms with Crippen LogP contribution in [0.2, 0.25) is 0 Å². The van der Waals surface area contributed by atoms with Crippen LogP contribution >= 0.6 is 0 Å². The highest BCUT2D eigenvalue weighted by Gasteiger charge is 2.18. The molecule has 19 heavy (non-hydrogen) atoms. The molecule has 1 amide bonds. The van der Waals surface area contributed by atoms with Crippen LogP contribution < -0.4 is 5.32 Å². The van der Waals surface area contributed by atoms with Crippen molar-refractivity contribution in [1.82, 2.24) is 10.2 Å². The molecule has 2 fully saturated rings. The number of carbonyl (C=O) groups is 1. The molecular weight excluding hydrogens is 236 g/mol. The first-order chi connectivity index (χ1) is 9.25. The summed E-state index contributed by atoms with van der Waals surface area (Å²) in [4.78, 5) is 14.0. The van der Waals surface area contributed by atoms with Crippen molar-refractivity contribution in [3.8, 4) is 0 Å². The van der Waals surface area contributed by atoms with Crippen LogP contribution in [0.4, 0.5) is 0 Å². The van der Waals surface area contributed by atoms with Crippen molar-refractivity contribution in [2.24, 2.45) is 11.8 Å². The molecular formula is C16H30N2O. The van der Waals surface area contributed by atoms with Gasteiger partial charge in [-0.2, -0.15) is 0 Å². The molecule has 0 atom stereocenters. The van der Waals surface area contributed by atoms with Crippen LogP contribution in [-0.2, 0) is 4.79 Å². The molecule has 0 aromatic rings. The van der Waals surface area contributed by atoms with Gasteiger partial charge in [0.05, 0.1) is 6.54 Å². The average Bonchev–Trinajstić information content (AvgIpc) is 2.46. The van der Waals surface area contributed by atoms with Crippen LogP contribution in [0.1, 0.15) is 58.3 Å². The number of amides is 1. The molecule has 0 aromatic heterocycles. The fourth-order valence-corrected chi connectivity index (χ4v) is 3.37. The lowest BCUT2D eigenvalue weighted by atomic mass is 9.81. The maximum Gasteiger partial charge on any atom is 0.236 e. The Bertz CT molecular complexity index is 266. The standard InChI is InChI=1S/C16H30N2O/c1-14-5-7-15(8-6-14)9-10-17-13-16(19)18-11-3-2-4-12-18/h14-15,17H,2-13H2,1H3. The third kappa shape index (κ3) is 5.13. The maximum atomic E-state index is 12.0. The summed E-state index contributed by atoms with van der Waals surface area (Å²) in [7, 11) is 0. The second-order valence-corrected chi connectivity index (χ2v) is 6.53. The van der Waals surface area contributed by atoms with E-state index in [1.807, 2.05) is 4.90 Å². The van der Waals surface area contributed by atoms with Gasteiger partial charge in [0.2, 0.25) is 5.91 Å². The van der Waals surface area contributed by atoms with E-state index in [0.717, 1.165) is 31.5 Å². The van der Waals surface area contributed by atoms with Crippen LogP contribution in [-0.4, -0.2) is 37.0 Å². The van der Waals surface area contributed by atoms with Crippen LogP contribution in [0.3, 0.4) is 0 Å². The Morgan fingerprint density at radius 2 is 1.79 bits per heavy atom. The molecule has 1 heterocycles. The van der Waals surface area contributed by atoms with Gasteiger partial charge in [0, 0.05) is 13.1 Å². The lowest BCUT2D eigenvalue weighted by Gasteiger charge is -2.27. The molecule has 1 saturated carbocycles. The SMILES string of the molecule is CC1CCC(CCNCC(=O)N2CCCCC2)CC1. The van der Waals surface area contributed by atoms with Gasteiger partial charge in [-0.05, 0) is 44.1 Å². The van der Waals surface area contributed by atoms with Crippen molar-refractivity contribution in [2.45, 2.75) is 58.3 Å². The van der Waals surface area contributed by atoms with Crippen molar-refractivity contribution in [3.63, 3.8) is 0 Å². The lowest BCUT2D eigenvalue weighted by molar-refractivity contribution is -0.131. The van der Waals surface area contributed by atoms with E-state index in [1.54, 1.807) is 0 Å². The second-order valence-electron chi connectivity index (χ2n) is 6.53. The Morgan fingerprint density at radius 1 is 1.11 bits per heavy atom. The summed E-state index contributed by atoms with van der Waals surface area (Å²) in [5.74, 6) is 2.13. The Morgan fingerprint density at radius 3 is 2.47 bits per heavy atom. The molecule has 0 radical (unpaired) electrons. The average molecular weight is 266 g/mol. The number of nitrogens with zero attached hydrogens (tertiary/aromatic N) is 1. The Labute approximate surface area is 118 Å². The summed E-state index contributed by atoms with van der Waals surface area (Å²) in [5.41, 5.74) is 0. The topological polar surface area (TPSA) is 32.3 Å². The first-order valence-electron chi connectivity index (χ1n) is 8.24. The van der Waals surface area contributed by atoms with E-state index in [1.165, 1.54) is 51.4 Å². The second kappa shape index (κ2) is 7.88. The fraction of sp³-hybridized carbons (Fsp3) is 0.938. The number of hydrogen-bond acceptors (Lipinski definition) is 2. The van der Waals surface area contributed by atoms with Crippen LogP contribution in [0.15, 0.2) is 0 Å². The zero-order valence-corrected chi connectivity index (χ0v) is 12.5. The minimum absolute atomic E-state index is 0.303. The molecule has 2 aliphatic rings. The Balaban J connectivity index is 1.52. The van der Waals surface area contributed by atoms with E-state index in [-0.39, 0.29) is 0 Å². The zero-order valence-electron chi connectivity index (χ0n) is 12.5. The molecule has 3 nitrogen and oxygen atoms in total. The number of hydrogen-bond donors (Lipinski definition) is 1. The van der Waals surface area contributed by atoms with E-state index in [2.05, 4.69) is 12.2 Å². The highest BCUT2D eigenvalue weighted by atomic mass is 16.2. The number of likely N-dealkylation sites (tertiary alicyclic amines) is 1. The third-order valence-corrected chi connectivity index (χ3v) is 4.85. The number of nitrogens with one attached hydrogen (secondary N) is 1. The molecule has 0 bridgehead atoms. The predicted octanol–water partition coefficient (Wildman–Crippen LogP) is 2.80. The molecule has 0 aromatic carbocycles. The van der Waals surface area contributed by atoms with Crippen molar-refractivity contribution in [3.05, 3.63) is 0 Å². The largest absolute Gasteiger partial charge is 0.342 e. The number of rotatable bonds is 5. The van der Waals surface area contributed by atoms with E-state index in [0.29, 0.717) is 12.5 Å². The maximum absolute atomic E-state index is 12.0. The highest BCUT2D eigenvalue weighted by Crippen LogP contribution is 2.29. The quantitative estimate of drug-likeness (QED) is 0.776. The molecule has 110 valence electrons. The third-order valence-electron chi connectivity index (χ3n) is 4.85. The molecule has 1 saturated heterocycles. The van der Waals surface area contributed by atoms with Crippen LogP contribution in [0, 0.1) is 11.8 Å². The minimum Gasteiger partial charge on any atom is -0.342 e. The van der Waals surface area contributed by atoms with Gasteiger partial charge in [-0.25, -0.2) is 0 Å². The van der Waals surface area contributed by atoms with Gasteiger partial charge < -0.3 is 10.2 Å². The molecule has 1 aliphatic heterocycles. The summed E-state index contributed by atoms with van der Waals surface area (Å²) in [5, 5.41) is 3.35. The molecule has 3 heteroatoms. The summed E-state index contributed by atoms with van der Waals surface area (Å²) in [6.45, 7) is 5.87. The van der Waals surface area contributed by atoms with Crippen molar-refractivity contribution >= 4 is 5.91 Å². The normalized spacial score (nSPS) is 28.4. The van der Waals surface area contributed by atoms with Crippen molar-refractivity contribution < 1.29 is 4.79 Å². The van der Waals surface area contributed by atoms with Gasteiger partial charge in [0.15, 0.2) is 0 Å². The molecule has 0 spiro atoms. The minimum atomic E-state index is 0.303. The summed E-state index contributed by atoms with van der Waals surface area (Å²) in [6.07, 6.45) is 10.5. The Kier molecular flexibility index (Phi) is 6.15. The molecule has 0 unspecified atom stereocenters. The van der Waals surface area contributed by atoms with Gasteiger partial charge >= 0.3 is 0 Å². The van der Waals surface area contributed by atoms with Gasteiger partial charge in [0.1, 0.15) is 0 Å². The lowest BCUT2D eigenvalue weighted by Crippen LogP contribution is -2.41. The first kappa shape index (κ1) is 14.8. The summed E-state index contributed by atoms with van der Waals surface area (Å²) in [6, 6.07) is 0. The van der Waals surface area contributed by atoms with Gasteiger partial charge in [-0.3, -0.25) is 4.79 Å². The zero-order chi connectivity index (χ0) is 13.5. The Hall–Kier alpha value is -0.570. The van der Waals surface area contributed by atoms with E-state index < -0.39 is 0 Å². The monoisotopic (exact) mass is 266 g/mol. The first-order valence-corrected chi connectivity index (χ1v) is 8.24. The van der Waals surface area contributed by atoms with Gasteiger partial charge in [-0.15, -0.1) is 0 Å². The predicted molar refractivity (Wildman–Crippen MR) is 79.0 cm³/mol. The number of carbonyl (C=O) groups excluding carboxylic acids is 1. The smallest absolute Gasteiger partial charge is 0.236 e. The number of piperidine rings is 1. The van der Waals surface area contributed by atoms with Crippen molar-refractivity contribution in [2.75, 3.05) is 26.2 Å². The molecule has 1 N–H and O–H groups in total.